The molecule has 26 heavy (non-hydrogen) atoms. The number of pyridine rings is 1. The maximum absolute atomic E-state index is 12.5. The summed E-state index contributed by atoms with van der Waals surface area (Å²) < 4.78 is 0. The number of para-hydroxylation sites is 1. The van der Waals surface area contributed by atoms with Gasteiger partial charge < -0.3 is 10.3 Å². The summed E-state index contributed by atoms with van der Waals surface area (Å²) in [6.07, 6.45) is 1.41. The first-order valence-corrected chi connectivity index (χ1v) is 8.41. The number of aryl methyl sites for hydroxylation is 2. The second-order valence-corrected chi connectivity index (χ2v) is 6.34. The molecule has 0 spiro atoms. The summed E-state index contributed by atoms with van der Waals surface area (Å²) in [6, 6.07) is 13.0. The van der Waals surface area contributed by atoms with Gasteiger partial charge in [-0.1, -0.05) is 24.3 Å². The molecule has 2 aromatic carbocycles. The number of hydrogen-bond acceptors (Lipinski definition) is 3. The van der Waals surface area contributed by atoms with Crippen LogP contribution in [0.4, 0.5) is 5.69 Å². The molecule has 0 aliphatic heterocycles. The van der Waals surface area contributed by atoms with Crippen LogP contribution in [0.1, 0.15) is 21.5 Å². The van der Waals surface area contributed by atoms with E-state index in [9.17, 15) is 9.59 Å². The number of H-pyrrole nitrogens is 1. The van der Waals surface area contributed by atoms with Gasteiger partial charge in [-0.2, -0.15) is 0 Å². The first-order valence-electron chi connectivity index (χ1n) is 8.01. The average Bonchev–Trinajstić information content (AvgIpc) is 2.61. The van der Waals surface area contributed by atoms with E-state index in [1.54, 1.807) is 12.1 Å². The molecule has 0 radical (unpaired) electrons. The largest absolute Gasteiger partial charge is 0.360 e. The smallest absolute Gasteiger partial charge is 0.275 e. The summed E-state index contributed by atoms with van der Waals surface area (Å²) >= 11 is 5.15. The fraction of sp³-hybridized carbons (Fsp3) is 0.105. The summed E-state index contributed by atoms with van der Waals surface area (Å²) in [6.45, 7) is 3.87. The van der Waals surface area contributed by atoms with E-state index in [-0.39, 0.29) is 16.1 Å². The van der Waals surface area contributed by atoms with Crippen molar-refractivity contribution in [3.63, 3.8) is 0 Å². The number of anilines is 1. The summed E-state index contributed by atoms with van der Waals surface area (Å²) in [5.74, 6) is -0.567. The van der Waals surface area contributed by atoms with Gasteiger partial charge in [0.2, 0.25) is 5.43 Å². The van der Waals surface area contributed by atoms with E-state index >= 15 is 0 Å². The number of amides is 1. The van der Waals surface area contributed by atoms with Crippen LogP contribution in [0.2, 0.25) is 0 Å². The van der Waals surface area contributed by atoms with Crippen molar-refractivity contribution in [1.29, 1.82) is 0 Å². The maximum Gasteiger partial charge on any atom is 0.275 e. The van der Waals surface area contributed by atoms with Crippen molar-refractivity contribution in [2.75, 3.05) is 5.32 Å². The molecule has 0 unspecified atom stereocenters. The molecule has 7 heteroatoms. The topological polar surface area (TPSA) is 86.0 Å². The molecule has 0 atom stereocenters. The third-order valence-electron chi connectivity index (χ3n) is 3.93. The fourth-order valence-corrected chi connectivity index (χ4v) is 2.81. The van der Waals surface area contributed by atoms with E-state index in [2.05, 4.69) is 21.2 Å². The first-order chi connectivity index (χ1) is 12.5. The Morgan fingerprint density at radius 2 is 1.85 bits per heavy atom. The number of carbonyl (C=O) groups is 1. The molecule has 132 valence electrons. The summed E-state index contributed by atoms with van der Waals surface area (Å²) in [5, 5.41) is 3.65. The van der Waals surface area contributed by atoms with Crippen LogP contribution in [0.25, 0.3) is 10.9 Å². The zero-order valence-corrected chi connectivity index (χ0v) is 15.2. The van der Waals surface area contributed by atoms with Crippen LogP contribution in [0.15, 0.2) is 53.5 Å². The van der Waals surface area contributed by atoms with Gasteiger partial charge in [-0.15, -0.1) is 0 Å². The molecule has 1 heterocycles. The third-order valence-corrected chi connectivity index (χ3v) is 4.14. The highest BCUT2D eigenvalue weighted by atomic mass is 32.1. The number of fused-ring (bicyclic) bond motifs is 1. The minimum Gasteiger partial charge on any atom is -0.360 e. The lowest BCUT2D eigenvalue weighted by molar-refractivity contribution is 0.0943. The Balaban J connectivity index is 1.70. The number of thiocarbonyl (C=S) groups is 1. The molecule has 0 bridgehead atoms. The normalized spacial score (nSPS) is 10.4. The first kappa shape index (κ1) is 17.6. The Morgan fingerprint density at radius 3 is 2.62 bits per heavy atom. The zero-order valence-electron chi connectivity index (χ0n) is 14.3. The highest BCUT2D eigenvalue weighted by Gasteiger charge is 2.13. The number of benzene rings is 2. The standard InChI is InChI=1S/C19H18N4O2S/c1-11-5-3-7-13(9-11)21-19(26)23-22-18(25)15-10-20-16-12(2)6-4-8-14(16)17(15)24/h3-10H,1-2H3,(H,20,24)(H,22,25)(H2,21,23,26). The van der Waals surface area contributed by atoms with Crippen molar-refractivity contribution in [2.24, 2.45) is 0 Å². The number of nitrogens with one attached hydrogen (secondary N) is 4. The Morgan fingerprint density at radius 1 is 1.08 bits per heavy atom. The molecular formula is C19H18N4O2S. The van der Waals surface area contributed by atoms with Crippen molar-refractivity contribution in [3.8, 4) is 0 Å². The van der Waals surface area contributed by atoms with Crippen LogP contribution in [-0.4, -0.2) is 16.0 Å². The van der Waals surface area contributed by atoms with E-state index in [4.69, 9.17) is 12.2 Å². The number of hydrazine groups is 1. The molecule has 6 nitrogen and oxygen atoms in total. The Labute approximate surface area is 155 Å². The molecule has 1 aromatic heterocycles. The highest BCUT2D eigenvalue weighted by Crippen LogP contribution is 2.12. The fourth-order valence-electron chi connectivity index (χ4n) is 2.64. The van der Waals surface area contributed by atoms with Crippen LogP contribution in [0.3, 0.4) is 0 Å². The number of rotatable bonds is 2. The van der Waals surface area contributed by atoms with Gasteiger partial charge in [-0.3, -0.25) is 20.4 Å². The van der Waals surface area contributed by atoms with Crippen LogP contribution >= 0.6 is 12.2 Å². The lowest BCUT2D eigenvalue weighted by atomic mass is 10.1. The average molecular weight is 366 g/mol. The number of hydrogen-bond donors (Lipinski definition) is 4. The van der Waals surface area contributed by atoms with Crippen LogP contribution in [0, 0.1) is 13.8 Å². The summed E-state index contributed by atoms with van der Waals surface area (Å²) in [4.78, 5) is 27.9. The summed E-state index contributed by atoms with van der Waals surface area (Å²) in [7, 11) is 0. The minimum absolute atomic E-state index is 0.00829. The molecule has 1 amide bonds. The molecule has 3 rings (SSSR count). The molecule has 0 fully saturated rings. The maximum atomic E-state index is 12.5. The Kier molecular flexibility index (Phi) is 4.99. The zero-order chi connectivity index (χ0) is 18.7. The SMILES string of the molecule is Cc1cccc(NC(=S)NNC(=O)c2c[nH]c3c(C)cccc3c2=O)c1. The number of aromatic nitrogens is 1. The van der Waals surface area contributed by atoms with Crippen LogP contribution < -0.4 is 21.6 Å². The van der Waals surface area contributed by atoms with Crippen molar-refractivity contribution in [2.45, 2.75) is 13.8 Å². The molecular weight excluding hydrogens is 348 g/mol. The highest BCUT2D eigenvalue weighted by molar-refractivity contribution is 7.80. The van der Waals surface area contributed by atoms with Crippen LogP contribution in [0.5, 0.6) is 0 Å². The molecule has 0 aliphatic rings. The predicted octanol–water partition coefficient (Wildman–Crippen LogP) is 2.78. The summed E-state index contributed by atoms with van der Waals surface area (Å²) in [5.41, 5.74) is 8.26. The van der Waals surface area contributed by atoms with Gasteiger partial charge in [0, 0.05) is 17.3 Å². The second kappa shape index (κ2) is 7.37. The van der Waals surface area contributed by atoms with E-state index in [1.165, 1.54) is 6.20 Å². The Bertz CT molecular complexity index is 1060. The number of carbonyl (C=O) groups excluding carboxylic acids is 1. The molecule has 0 saturated heterocycles. The molecule has 4 N–H and O–H groups in total. The third kappa shape index (κ3) is 3.73. The molecule has 0 saturated carbocycles. The van der Waals surface area contributed by atoms with Gasteiger partial charge in [-0.05, 0) is 55.4 Å². The quantitative estimate of drug-likeness (QED) is 0.414. The number of aromatic amines is 1. The van der Waals surface area contributed by atoms with E-state index in [0.29, 0.717) is 5.39 Å². The van der Waals surface area contributed by atoms with Crippen molar-refractivity contribution in [3.05, 3.63) is 75.6 Å². The van der Waals surface area contributed by atoms with Gasteiger partial charge >= 0.3 is 0 Å². The lowest BCUT2D eigenvalue weighted by Gasteiger charge is -2.12. The van der Waals surface area contributed by atoms with Gasteiger partial charge in [0.15, 0.2) is 5.11 Å². The van der Waals surface area contributed by atoms with Gasteiger partial charge in [0.05, 0.1) is 5.52 Å². The van der Waals surface area contributed by atoms with Gasteiger partial charge in [0.25, 0.3) is 5.91 Å². The minimum atomic E-state index is -0.567. The van der Waals surface area contributed by atoms with E-state index in [0.717, 1.165) is 22.3 Å². The van der Waals surface area contributed by atoms with Crippen molar-refractivity contribution >= 4 is 39.8 Å². The Hall–Kier alpha value is -3.19. The van der Waals surface area contributed by atoms with E-state index in [1.807, 2.05) is 44.2 Å². The molecule has 0 aliphatic carbocycles. The monoisotopic (exact) mass is 366 g/mol. The van der Waals surface area contributed by atoms with Crippen molar-refractivity contribution in [1.82, 2.24) is 15.8 Å². The van der Waals surface area contributed by atoms with Gasteiger partial charge in [-0.25, -0.2) is 0 Å². The predicted molar refractivity (Wildman–Crippen MR) is 107 cm³/mol. The second-order valence-electron chi connectivity index (χ2n) is 5.93. The van der Waals surface area contributed by atoms with Crippen molar-refractivity contribution < 1.29 is 4.79 Å². The van der Waals surface area contributed by atoms with Gasteiger partial charge in [0.1, 0.15) is 5.56 Å². The lowest BCUT2D eigenvalue weighted by Crippen LogP contribution is -2.45. The van der Waals surface area contributed by atoms with E-state index < -0.39 is 5.91 Å². The van der Waals surface area contributed by atoms with Crippen LogP contribution in [-0.2, 0) is 0 Å². The molecule has 3 aromatic rings.